The van der Waals surface area contributed by atoms with Crippen LogP contribution in [0.2, 0.25) is 0 Å². The van der Waals surface area contributed by atoms with Crippen LogP contribution in [0.15, 0.2) is 30.3 Å². The molecule has 16 heavy (non-hydrogen) atoms. The molecule has 82 valence electrons. The number of nitrogens with one attached hydrogen (secondary N) is 1. The number of ether oxygens (including phenoxy) is 1. The molecule has 3 heterocycles. The van der Waals surface area contributed by atoms with Gasteiger partial charge in [0.2, 0.25) is 0 Å². The van der Waals surface area contributed by atoms with Gasteiger partial charge in [0, 0.05) is 23.3 Å². The number of nitrogens with zero attached hydrogens (tertiary/aromatic N) is 2. The number of aromatic nitrogens is 2. The molecule has 4 nitrogen and oxygen atoms in total. The SMILES string of the molecule is CN1CO/C(=C\c2c[nH]c3ncccc23)C1. The summed E-state index contributed by atoms with van der Waals surface area (Å²) < 4.78 is 5.54. The Hall–Kier alpha value is -1.81. The maximum absolute atomic E-state index is 5.54. The molecule has 1 aliphatic rings. The molecule has 1 aliphatic heterocycles. The lowest BCUT2D eigenvalue weighted by atomic mass is 10.2. The fourth-order valence-corrected chi connectivity index (χ4v) is 1.91. The summed E-state index contributed by atoms with van der Waals surface area (Å²) in [5.74, 6) is 1.01. The number of pyridine rings is 1. The van der Waals surface area contributed by atoms with Gasteiger partial charge >= 0.3 is 0 Å². The molecule has 4 heteroatoms. The molecule has 0 saturated carbocycles. The van der Waals surface area contributed by atoms with Gasteiger partial charge in [-0.25, -0.2) is 4.98 Å². The van der Waals surface area contributed by atoms with Crippen molar-refractivity contribution in [3.63, 3.8) is 0 Å². The van der Waals surface area contributed by atoms with Gasteiger partial charge in [0.25, 0.3) is 0 Å². The molecule has 1 saturated heterocycles. The molecule has 0 radical (unpaired) electrons. The number of H-pyrrole nitrogens is 1. The Morgan fingerprint density at radius 1 is 1.56 bits per heavy atom. The van der Waals surface area contributed by atoms with Crippen LogP contribution in [0.3, 0.4) is 0 Å². The van der Waals surface area contributed by atoms with E-state index < -0.39 is 0 Å². The molecule has 0 amide bonds. The van der Waals surface area contributed by atoms with Gasteiger partial charge in [0.1, 0.15) is 18.1 Å². The van der Waals surface area contributed by atoms with Crippen molar-refractivity contribution in [3.05, 3.63) is 35.8 Å². The molecule has 3 rings (SSSR count). The Labute approximate surface area is 93.5 Å². The lowest BCUT2D eigenvalue weighted by Gasteiger charge is -1.97. The summed E-state index contributed by atoms with van der Waals surface area (Å²) in [5, 5.41) is 1.13. The van der Waals surface area contributed by atoms with E-state index in [9.17, 15) is 0 Å². The van der Waals surface area contributed by atoms with Gasteiger partial charge in [-0.1, -0.05) is 0 Å². The maximum Gasteiger partial charge on any atom is 0.141 e. The van der Waals surface area contributed by atoms with Crippen LogP contribution in [-0.2, 0) is 4.74 Å². The number of rotatable bonds is 1. The molecule has 1 N–H and O–H groups in total. The Morgan fingerprint density at radius 3 is 3.31 bits per heavy atom. The van der Waals surface area contributed by atoms with Crippen LogP contribution in [0.1, 0.15) is 5.56 Å². The van der Waals surface area contributed by atoms with E-state index in [2.05, 4.69) is 27.0 Å². The topological polar surface area (TPSA) is 41.1 Å². The third kappa shape index (κ3) is 1.57. The molecule has 0 atom stereocenters. The first-order valence-corrected chi connectivity index (χ1v) is 5.27. The van der Waals surface area contributed by atoms with Crippen LogP contribution in [0.5, 0.6) is 0 Å². The average Bonchev–Trinajstić information content (AvgIpc) is 2.87. The fourth-order valence-electron chi connectivity index (χ4n) is 1.91. The van der Waals surface area contributed by atoms with E-state index in [0.29, 0.717) is 6.73 Å². The summed E-state index contributed by atoms with van der Waals surface area (Å²) in [5.41, 5.74) is 2.05. The third-order valence-corrected chi connectivity index (χ3v) is 2.70. The standard InChI is InChI=1S/C12H13N3O/c1-15-7-10(16-8-15)5-9-6-14-12-11(9)3-2-4-13-12/h2-6H,7-8H2,1H3,(H,13,14)/b10-5-. The first kappa shape index (κ1) is 9.42. The Balaban J connectivity index is 2.01. The minimum atomic E-state index is 0.673. The summed E-state index contributed by atoms with van der Waals surface area (Å²) in [6, 6.07) is 4.00. The second-order valence-electron chi connectivity index (χ2n) is 4.04. The first-order valence-electron chi connectivity index (χ1n) is 5.27. The molecule has 0 spiro atoms. The van der Waals surface area contributed by atoms with Crippen molar-refractivity contribution < 1.29 is 4.74 Å². The Kier molecular flexibility index (Phi) is 2.15. The number of hydrogen-bond donors (Lipinski definition) is 1. The summed E-state index contributed by atoms with van der Waals surface area (Å²) in [4.78, 5) is 9.53. The van der Waals surface area contributed by atoms with E-state index in [4.69, 9.17) is 4.74 Å². The van der Waals surface area contributed by atoms with Crippen molar-refractivity contribution in [3.8, 4) is 0 Å². The van der Waals surface area contributed by atoms with Crippen LogP contribution in [-0.4, -0.2) is 35.2 Å². The Morgan fingerprint density at radius 2 is 2.50 bits per heavy atom. The van der Waals surface area contributed by atoms with Gasteiger partial charge in [-0.3, -0.25) is 4.90 Å². The highest BCUT2D eigenvalue weighted by Gasteiger charge is 2.13. The highest BCUT2D eigenvalue weighted by molar-refractivity contribution is 5.86. The maximum atomic E-state index is 5.54. The second kappa shape index (κ2) is 3.64. The van der Waals surface area contributed by atoms with Gasteiger partial charge in [-0.05, 0) is 25.3 Å². The highest BCUT2D eigenvalue weighted by Crippen LogP contribution is 2.20. The van der Waals surface area contributed by atoms with E-state index in [1.807, 2.05) is 19.3 Å². The van der Waals surface area contributed by atoms with Crippen LogP contribution >= 0.6 is 0 Å². The summed E-state index contributed by atoms with van der Waals surface area (Å²) in [6.45, 7) is 1.54. The smallest absolute Gasteiger partial charge is 0.141 e. The monoisotopic (exact) mass is 215 g/mol. The fraction of sp³-hybridized carbons (Fsp3) is 0.250. The number of likely N-dealkylation sites (N-methyl/N-ethyl adjacent to an activating group) is 1. The van der Waals surface area contributed by atoms with Crippen molar-refractivity contribution in [2.75, 3.05) is 20.3 Å². The van der Waals surface area contributed by atoms with E-state index in [1.54, 1.807) is 6.20 Å². The van der Waals surface area contributed by atoms with E-state index >= 15 is 0 Å². The summed E-state index contributed by atoms with van der Waals surface area (Å²) >= 11 is 0. The van der Waals surface area contributed by atoms with Crippen molar-refractivity contribution in [1.82, 2.24) is 14.9 Å². The molecule has 0 aromatic carbocycles. The van der Waals surface area contributed by atoms with Crippen molar-refractivity contribution in [1.29, 1.82) is 0 Å². The Bertz CT molecular complexity index is 544. The molecule has 0 aliphatic carbocycles. The number of hydrogen-bond acceptors (Lipinski definition) is 3. The normalized spacial score (nSPS) is 19.4. The second-order valence-corrected chi connectivity index (χ2v) is 4.04. The molecule has 2 aromatic heterocycles. The average molecular weight is 215 g/mol. The van der Waals surface area contributed by atoms with Gasteiger partial charge in [-0.2, -0.15) is 0 Å². The molecular formula is C12H13N3O. The molecule has 2 aromatic rings. The van der Waals surface area contributed by atoms with Crippen LogP contribution in [0.25, 0.3) is 17.1 Å². The summed E-state index contributed by atoms with van der Waals surface area (Å²) in [7, 11) is 2.04. The van der Waals surface area contributed by atoms with Gasteiger partial charge < -0.3 is 9.72 Å². The highest BCUT2D eigenvalue weighted by atomic mass is 16.5. The zero-order chi connectivity index (χ0) is 11.0. The largest absolute Gasteiger partial charge is 0.481 e. The van der Waals surface area contributed by atoms with Crippen LogP contribution < -0.4 is 0 Å². The molecule has 0 bridgehead atoms. The lowest BCUT2D eigenvalue weighted by Crippen LogP contribution is -2.11. The van der Waals surface area contributed by atoms with E-state index in [0.717, 1.165) is 28.9 Å². The molecular weight excluding hydrogens is 202 g/mol. The number of fused-ring (bicyclic) bond motifs is 1. The predicted molar refractivity (Wildman–Crippen MR) is 62.7 cm³/mol. The minimum absolute atomic E-state index is 0.673. The predicted octanol–water partition coefficient (Wildman–Crippen LogP) is 1.82. The zero-order valence-corrected chi connectivity index (χ0v) is 9.10. The lowest BCUT2D eigenvalue weighted by molar-refractivity contribution is 0.190. The van der Waals surface area contributed by atoms with Crippen molar-refractivity contribution >= 4 is 17.1 Å². The molecule has 1 fully saturated rings. The van der Waals surface area contributed by atoms with Gasteiger partial charge in [0.05, 0.1) is 6.54 Å². The first-order chi connectivity index (χ1) is 7.83. The summed E-state index contributed by atoms with van der Waals surface area (Å²) in [6.07, 6.45) is 5.83. The van der Waals surface area contributed by atoms with Crippen LogP contribution in [0.4, 0.5) is 0 Å². The minimum Gasteiger partial charge on any atom is -0.481 e. The van der Waals surface area contributed by atoms with Gasteiger partial charge in [-0.15, -0.1) is 0 Å². The van der Waals surface area contributed by atoms with Crippen LogP contribution in [0, 0.1) is 0 Å². The van der Waals surface area contributed by atoms with E-state index in [1.165, 1.54) is 0 Å². The van der Waals surface area contributed by atoms with Gasteiger partial charge in [0.15, 0.2) is 0 Å². The number of aromatic amines is 1. The zero-order valence-electron chi connectivity index (χ0n) is 9.10. The van der Waals surface area contributed by atoms with E-state index in [-0.39, 0.29) is 0 Å². The quantitative estimate of drug-likeness (QED) is 0.789. The molecule has 0 unspecified atom stereocenters. The third-order valence-electron chi connectivity index (χ3n) is 2.70. The van der Waals surface area contributed by atoms with Crippen molar-refractivity contribution in [2.45, 2.75) is 0 Å². The van der Waals surface area contributed by atoms with Crippen molar-refractivity contribution in [2.24, 2.45) is 0 Å².